The Labute approximate surface area is 95.7 Å². The van der Waals surface area contributed by atoms with Gasteiger partial charge in [-0.05, 0) is 42.5 Å². The van der Waals surface area contributed by atoms with Gasteiger partial charge in [0.25, 0.3) is 0 Å². The second kappa shape index (κ2) is 4.26. The van der Waals surface area contributed by atoms with Gasteiger partial charge in [-0.25, -0.2) is 0 Å². The highest BCUT2D eigenvalue weighted by Gasteiger charge is 2.18. The summed E-state index contributed by atoms with van der Waals surface area (Å²) < 4.78 is 0. The zero-order valence-electron chi connectivity index (χ0n) is 9.79. The lowest BCUT2D eigenvalue weighted by Gasteiger charge is -2.28. The van der Waals surface area contributed by atoms with E-state index in [0.717, 1.165) is 19.5 Å². The molecule has 1 aromatic rings. The first-order valence-corrected chi connectivity index (χ1v) is 5.59. The third-order valence-corrected chi connectivity index (χ3v) is 3.27. The predicted octanol–water partition coefficient (Wildman–Crippen LogP) is 1.75. The van der Waals surface area contributed by atoms with Gasteiger partial charge >= 0.3 is 5.97 Å². The molecule has 0 amide bonds. The molecular formula is C13H17NO2. The number of hydrogen-bond acceptors (Lipinski definition) is 2. The van der Waals surface area contributed by atoms with Crippen molar-refractivity contribution in [3.05, 3.63) is 34.4 Å². The Kier molecular flexibility index (Phi) is 2.97. The van der Waals surface area contributed by atoms with E-state index in [1.165, 1.54) is 22.3 Å². The minimum Gasteiger partial charge on any atom is -0.480 e. The average Bonchev–Trinajstić information content (AvgIpc) is 2.19. The number of carboxylic acid groups (broad SMARTS) is 1. The third-order valence-electron chi connectivity index (χ3n) is 3.27. The fourth-order valence-corrected chi connectivity index (χ4v) is 2.24. The van der Waals surface area contributed by atoms with Crippen molar-refractivity contribution < 1.29 is 9.90 Å². The minimum absolute atomic E-state index is 0.145. The summed E-state index contributed by atoms with van der Waals surface area (Å²) in [7, 11) is 0. The fourth-order valence-electron chi connectivity index (χ4n) is 2.24. The van der Waals surface area contributed by atoms with Crippen molar-refractivity contribution in [1.29, 1.82) is 0 Å². The summed E-state index contributed by atoms with van der Waals surface area (Å²) in [6, 6.07) is 4.43. The maximum Gasteiger partial charge on any atom is 0.317 e. The zero-order valence-corrected chi connectivity index (χ0v) is 9.79. The smallest absolute Gasteiger partial charge is 0.317 e. The Morgan fingerprint density at radius 2 is 1.94 bits per heavy atom. The minimum atomic E-state index is -0.743. The Hall–Kier alpha value is -1.35. The molecule has 16 heavy (non-hydrogen) atoms. The molecule has 0 saturated carbocycles. The molecule has 0 aliphatic carbocycles. The molecule has 1 aliphatic heterocycles. The van der Waals surface area contributed by atoms with Crippen LogP contribution in [-0.4, -0.2) is 29.1 Å². The lowest BCUT2D eigenvalue weighted by Crippen LogP contribution is -2.34. The van der Waals surface area contributed by atoms with Crippen LogP contribution in [0, 0.1) is 13.8 Å². The molecule has 1 aliphatic rings. The van der Waals surface area contributed by atoms with Crippen LogP contribution in [0.5, 0.6) is 0 Å². The number of nitrogens with zero attached hydrogens (tertiary/aromatic N) is 1. The molecule has 0 aromatic heterocycles. The lowest BCUT2D eigenvalue weighted by atomic mass is 9.95. The highest BCUT2D eigenvalue weighted by molar-refractivity contribution is 5.69. The second-order valence-corrected chi connectivity index (χ2v) is 4.56. The molecule has 3 heteroatoms. The molecule has 0 unspecified atom stereocenters. The first kappa shape index (κ1) is 11.1. The van der Waals surface area contributed by atoms with E-state index >= 15 is 0 Å². The van der Waals surface area contributed by atoms with Crippen LogP contribution in [0.3, 0.4) is 0 Å². The van der Waals surface area contributed by atoms with E-state index in [-0.39, 0.29) is 6.54 Å². The summed E-state index contributed by atoms with van der Waals surface area (Å²) in [5.41, 5.74) is 5.28. The van der Waals surface area contributed by atoms with Gasteiger partial charge in [-0.3, -0.25) is 9.69 Å². The summed E-state index contributed by atoms with van der Waals surface area (Å²) in [5.74, 6) is -0.743. The Bertz CT molecular complexity index is 426. The number of aryl methyl sites for hydroxylation is 2. The molecule has 1 heterocycles. The molecule has 3 nitrogen and oxygen atoms in total. The fraction of sp³-hybridized carbons (Fsp3) is 0.462. The van der Waals surface area contributed by atoms with Gasteiger partial charge in [0.15, 0.2) is 0 Å². The monoisotopic (exact) mass is 219 g/mol. The molecule has 0 fully saturated rings. The number of rotatable bonds is 2. The Morgan fingerprint density at radius 1 is 1.31 bits per heavy atom. The van der Waals surface area contributed by atoms with Crippen LogP contribution in [0.15, 0.2) is 12.1 Å². The van der Waals surface area contributed by atoms with E-state index in [9.17, 15) is 4.79 Å². The molecule has 2 rings (SSSR count). The maximum absolute atomic E-state index is 10.7. The van der Waals surface area contributed by atoms with Crippen LogP contribution in [0.25, 0.3) is 0 Å². The van der Waals surface area contributed by atoms with Gasteiger partial charge in [0, 0.05) is 13.1 Å². The summed E-state index contributed by atoms with van der Waals surface area (Å²) in [6.45, 7) is 5.99. The summed E-state index contributed by atoms with van der Waals surface area (Å²) >= 11 is 0. The zero-order chi connectivity index (χ0) is 11.7. The number of carboxylic acids is 1. The van der Waals surface area contributed by atoms with Crippen molar-refractivity contribution in [3.8, 4) is 0 Å². The molecule has 0 atom stereocenters. The van der Waals surface area contributed by atoms with Crippen LogP contribution in [0.2, 0.25) is 0 Å². The summed E-state index contributed by atoms with van der Waals surface area (Å²) in [4.78, 5) is 12.6. The number of carbonyl (C=O) groups is 1. The molecule has 0 bridgehead atoms. The standard InChI is InChI=1S/C13H17NO2/c1-9-5-11-3-4-14(8-13(15)16)7-12(11)6-10(9)2/h5-6H,3-4,7-8H2,1-2H3,(H,15,16). The maximum atomic E-state index is 10.7. The van der Waals surface area contributed by atoms with Crippen LogP contribution in [-0.2, 0) is 17.8 Å². The average molecular weight is 219 g/mol. The second-order valence-electron chi connectivity index (χ2n) is 4.56. The molecular weight excluding hydrogens is 202 g/mol. The van der Waals surface area contributed by atoms with E-state index in [1.807, 2.05) is 4.90 Å². The van der Waals surface area contributed by atoms with E-state index in [2.05, 4.69) is 26.0 Å². The van der Waals surface area contributed by atoms with Crippen molar-refractivity contribution >= 4 is 5.97 Å². The van der Waals surface area contributed by atoms with E-state index in [4.69, 9.17) is 5.11 Å². The predicted molar refractivity (Wildman–Crippen MR) is 62.5 cm³/mol. The van der Waals surface area contributed by atoms with E-state index < -0.39 is 5.97 Å². The highest BCUT2D eigenvalue weighted by atomic mass is 16.4. The third kappa shape index (κ3) is 2.25. The Morgan fingerprint density at radius 3 is 2.56 bits per heavy atom. The van der Waals surface area contributed by atoms with Gasteiger partial charge in [-0.1, -0.05) is 12.1 Å². The van der Waals surface area contributed by atoms with E-state index in [0.29, 0.717) is 0 Å². The summed E-state index contributed by atoms with van der Waals surface area (Å²) in [6.07, 6.45) is 0.962. The number of benzene rings is 1. The quantitative estimate of drug-likeness (QED) is 0.823. The number of fused-ring (bicyclic) bond motifs is 1. The normalized spacial score (nSPS) is 15.9. The van der Waals surface area contributed by atoms with Gasteiger partial charge < -0.3 is 5.11 Å². The molecule has 0 saturated heterocycles. The molecule has 0 spiro atoms. The largest absolute Gasteiger partial charge is 0.480 e. The van der Waals surface area contributed by atoms with Crippen LogP contribution in [0.1, 0.15) is 22.3 Å². The van der Waals surface area contributed by atoms with Gasteiger partial charge in [0.2, 0.25) is 0 Å². The van der Waals surface area contributed by atoms with Gasteiger partial charge in [0.05, 0.1) is 6.54 Å². The van der Waals surface area contributed by atoms with Gasteiger partial charge in [-0.2, -0.15) is 0 Å². The summed E-state index contributed by atoms with van der Waals surface area (Å²) in [5, 5.41) is 8.77. The number of hydrogen-bond donors (Lipinski definition) is 1. The SMILES string of the molecule is Cc1cc2c(cc1C)CN(CC(=O)O)CC2. The highest BCUT2D eigenvalue weighted by Crippen LogP contribution is 2.22. The topological polar surface area (TPSA) is 40.5 Å². The van der Waals surface area contributed by atoms with Crippen LogP contribution in [0.4, 0.5) is 0 Å². The van der Waals surface area contributed by atoms with Crippen molar-refractivity contribution in [2.45, 2.75) is 26.8 Å². The van der Waals surface area contributed by atoms with Crippen molar-refractivity contribution in [2.24, 2.45) is 0 Å². The lowest BCUT2D eigenvalue weighted by molar-refractivity contribution is -0.138. The van der Waals surface area contributed by atoms with Crippen LogP contribution < -0.4 is 0 Å². The van der Waals surface area contributed by atoms with Crippen molar-refractivity contribution in [3.63, 3.8) is 0 Å². The van der Waals surface area contributed by atoms with Crippen LogP contribution >= 0.6 is 0 Å². The number of aliphatic carboxylic acids is 1. The molecule has 1 aromatic carbocycles. The van der Waals surface area contributed by atoms with E-state index in [1.54, 1.807) is 0 Å². The molecule has 1 N–H and O–H groups in total. The van der Waals surface area contributed by atoms with Gasteiger partial charge in [-0.15, -0.1) is 0 Å². The Balaban J connectivity index is 2.20. The molecule has 0 radical (unpaired) electrons. The molecule has 86 valence electrons. The first-order chi connectivity index (χ1) is 7.56. The first-order valence-electron chi connectivity index (χ1n) is 5.59. The van der Waals surface area contributed by atoms with Gasteiger partial charge in [0.1, 0.15) is 0 Å². The van der Waals surface area contributed by atoms with Crippen molar-refractivity contribution in [1.82, 2.24) is 4.90 Å². The van der Waals surface area contributed by atoms with Crippen molar-refractivity contribution in [2.75, 3.05) is 13.1 Å².